The molecule has 5 fully saturated rings. The molecule has 4 saturated carbocycles. The molecular weight excluding hydrogens is 400 g/mol. The Kier molecular flexibility index (Phi) is 4.99. The van der Waals surface area contributed by atoms with Gasteiger partial charge in [-0.2, -0.15) is 4.31 Å². The Balaban J connectivity index is 1.35. The fourth-order valence-electron chi connectivity index (χ4n) is 6.85. The van der Waals surface area contributed by atoms with Crippen LogP contribution in [0.1, 0.15) is 62.7 Å². The van der Waals surface area contributed by atoms with E-state index in [1.807, 2.05) is 13.8 Å². The lowest BCUT2D eigenvalue weighted by Crippen LogP contribution is -2.59. The van der Waals surface area contributed by atoms with Crippen molar-refractivity contribution in [2.24, 2.45) is 17.8 Å². The number of morpholine rings is 1. The molecule has 2 unspecified atom stereocenters. The molecular formula is C23H32N2O4S. The lowest BCUT2D eigenvalue weighted by Gasteiger charge is -2.56. The molecule has 1 aromatic rings. The Morgan fingerprint density at radius 3 is 2.17 bits per heavy atom. The third-order valence-electron chi connectivity index (χ3n) is 7.54. The van der Waals surface area contributed by atoms with Gasteiger partial charge in [-0.1, -0.05) is 6.07 Å². The van der Waals surface area contributed by atoms with Crippen LogP contribution < -0.4 is 5.32 Å². The predicted octanol–water partition coefficient (Wildman–Crippen LogP) is 3.18. The third kappa shape index (κ3) is 3.69. The zero-order valence-corrected chi connectivity index (χ0v) is 18.7. The zero-order valence-electron chi connectivity index (χ0n) is 17.8. The average molecular weight is 433 g/mol. The quantitative estimate of drug-likeness (QED) is 0.793. The number of amides is 1. The Bertz CT molecular complexity index is 899. The second kappa shape index (κ2) is 7.31. The van der Waals surface area contributed by atoms with Gasteiger partial charge in [-0.25, -0.2) is 8.42 Å². The van der Waals surface area contributed by atoms with Crippen molar-refractivity contribution in [3.63, 3.8) is 0 Å². The number of carbonyl (C=O) groups excluding carboxylic acids is 1. The summed E-state index contributed by atoms with van der Waals surface area (Å²) >= 11 is 0. The van der Waals surface area contributed by atoms with Crippen molar-refractivity contribution in [1.29, 1.82) is 0 Å². The van der Waals surface area contributed by atoms with Crippen LogP contribution in [0.25, 0.3) is 0 Å². The van der Waals surface area contributed by atoms with Gasteiger partial charge < -0.3 is 10.1 Å². The molecule has 1 heterocycles. The van der Waals surface area contributed by atoms with Gasteiger partial charge in [0, 0.05) is 24.2 Å². The lowest BCUT2D eigenvalue weighted by molar-refractivity contribution is -0.0440. The lowest BCUT2D eigenvalue weighted by atomic mass is 9.53. The van der Waals surface area contributed by atoms with E-state index in [1.165, 1.54) is 29.6 Å². The molecule has 0 spiro atoms. The van der Waals surface area contributed by atoms with Crippen LogP contribution in [0.3, 0.4) is 0 Å². The van der Waals surface area contributed by atoms with Crippen molar-refractivity contribution in [3.05, 3.63) is 29.8 Å². The van der Waals surface area contributed by atoms with Gasteiger partial charge in [-0.3, -0.25) is 4.79 Å². The molecule has 6 rings (SSSR count). The molecule has 30 heavy (non-hydrogen) atoms. The first-order valence-corrected chi connectivity index (χ1v) is 12.7. The van der Waals surface area contributed by atoms with Crippen LogP contribution in [0, 0.1) is 17.8 Å². The monoisotopic (exact) mass is 432 g/mol. The molecule has 164 valence electrons. The van der Waals surface area contributed by atoms with E-state index in [-0.39, 0.29) is 28.5 Å². The molecule has 1 aliphatic heterocycles. The zero-order chi connectivity index (χ0) is 21.1. The number of benzene rings is 1. The number of nitrogens with one attached hydrogen (secondary N) is 1. The smallest absolute Gasteiger partial charge is 0.251 e. The van der Waals surface area contributed by atoms with E-state index in [0.29, 0.717) is 18.7 Å². The minimum absolute atomic E-state index is 0.0875. The van der Waals surface area contributed by atoms with Gasteiger partial charge in [0.05, 0.1) is 17.1 Å². The molecule has 1 aromatic carbocycles. The minimum atomic E-state index is -3.66. The predicted molar refractivity (Wildman–Crippen MR) is 114 cm³/mol. The van der Waals surface area contributed by atoms with Gasteiger partial charge in [0.15, 0.2) is 0 Å². The number of rotatable bonds is 4. The summed E-state index contributed by atoms with van der Waals surface area (Å²) in [5.74, 6) is 2.09. The number of hydrogen-bond donors (Lipinski definition) is 1. The summed E-state index contributed by atoms with van der Waals surface area (Å²) in [5, 5.41) is 3.35. The molecule has 7 heteroatoms. The fourth-order valence-corrected chi connectivity index (χ4v) is 8.49. The average Bonchev–Trinajstić information content (AvgIpc) is 2.66. The maximum atomic E-state index is 13.2. The summed E-state index contributed by atoms with van der Waals surface area (Å²) in [7, 11) is -3.66. The van der Waals surface area contributed by atoms with Gasteiger partial charge in [-0.05, 0) is 88.3 Å². The fraction of sp³-hybridized carbons (Fsp3) is 0.696. The van der Waals surface area contributed by atoms with Gasteiger partial charge in [-0.15, -0.1) is 0 Å². The molecule has 5 aliphatic rings. The number of carbonyl (C=O) groups is 1. The van der Waals surface area contributed by atoms with E-state index in [0.717, 1.165) is 37.0 Å². The van der Waals surface area contributed by atoms with Crippen LogP contribution >= 0.6 is 0 Å². The number of sulfonamides is 1. The summed E-state index contributed by atoms with van der Waals surface area (Å²) < 4.78 is 33.6. The van der Waals surface area contributed by atoms with Crippen LogP contribution in [0.2, 0.25) is 0 Å². The van der Waals surface area contributed by atoms with E-state index < -0.39 is 10.0 Å². The van der Waals surface area contributed by atoms with Crippen LogP contribution in [0.4, 0.5) is 0 Å². The summed E-state index contributed by atoms with van der Waals surface area (Å²) in [6.45, 7) is 4.42. The summed E-state index contributed by atoms with van der Waals surface area (Å²) in [5.41, 5.74) is 0.344. The third-order valence-corrected chi connectivity index (χ3v) is 9.36. The first kappa shape index (κ1) is 20.5. The van der Waals surface area contributed by atoms with E-state index >= 15 is 0 Å². The molecule has 6 nitrogen and oxygen atoms in total. The van der Waals surface area contributed by atoms with E-state index in [2.05, 4.69) is 5.32 Å². The topological polar surface area (TPSA) is 75.7 Å². The maximum absolute atomic E-state index is 13.2. The Hall–Kier alpha value is -1.44. The van der Waals surface area contributed by atoms with Crippen molar-refractivity contribution >= 4 is 15.9 Å². The molecule has 0 aromatic heterocycles. The highest BCUT2D eigenvalue weighted by Gasteiger charge is 2.51. The van der Waals surface area contributed by atoms with Gasteiger partial charge >= 0.3 is 0 Å². The largest absolute Gasteiger partial charge is 0.373 e. The highest BCUT2D eigenvalue weighted by molar-refractivity contribution is 7.89. The first-order chi connectivity index (χ1) is 14.2. The second-order valence-electron chi connectivity index (χ2n) is 10.3. The van der Waals surface area contributed by atoms with Crippen LogP contribution in [-0.4, -0.2) is 49.5 Å². The van der Waals surface area contributed by atoms with Crippen molar-refractivity contribution in [2.75, 3.05) is 13.1 Å². The normalized spacial score (nSPS) is 38.5. The van der Waals surface area contributed by atoms with Crippen LogP contribution in [-0.2, 0) is 14.8 Å². The Morgan fingerprint density at radius 2 is 1.60 bits per heavy atom. The maximum Gasteiger partial charge on any atom is 0.251 e. The van der Waals surface area contributed by atoms with Crippen LogP contribution in [0.5, 0.6) is 0 Å². The first-order valence-electron chi connectivity index (χ1n) is 11.3. The molecule has 0 radical (unpaired) electrons. The summed E-state index contributed by atoms with van der Waals surface area (Å²) in [4.78, 5) is 13.3. The SMILES string of the molecule is CC1CN(S(=O)(=O)c2cccc(C(=O)NC34CC5CC(CC(C5)C3)C4)c2)CC(C)O1. The highest BCUT2D eigenvalue weighted by atomic mass is 32.2. The van der Waals surface area contributed by atoms with Crippen LogP contribution in [0.15, 0.2) is 29.2 Å². The summed E-state index contributed by atoms with van der Waals surface area (Å²) in [6, 6.07) is 6.52. The van der Waals surface area contributed by atoms with Gasteiger partial charge in [0.25, 0.3) is 5.91 Å². The number of ether oxygens (including phenoxy) is 1. The highest BCUT2D eigenvalue weighted by Crippen LogP contribution is 2.55. The number of nitrogens with zero attached hydrogens (tertiary/aromatic N) is 1. The van der Waals surface area contributed by atoms with Crippen molar-refractivity contribution in [2.45, 2.75) is 75.0 Å². The molecule has 1 amide bonds. The van der Waals surface area contributed by atoms with Gasteiger partial charge in [0.2, 0.25) is 10.0 Å². The van der Waals surface area contributed by atoms with Crippen molar-refractivity contribution in [1.82, 2.24) is 9.62 Å². The molecule has 1 N–H and O–H groups in total. The number of hydrogen-bond acceptors (Lipinski definition) is 4. The molecule has 2 atom stereocenters. The van der Waals surface area contributed by atoms with E-state index in [9.17, 15) is 13.2 Å². The van der Waals surface area contributed by atoms with Crippen molar-refractivity contribution in [3.8, 4) is 0 Å². The standard InChI is InChI=1S/C23H32N2O4S/c1-15-13-25(14-16(2)29-15)30(27,28)21-5-3-4-20(9-21)22(26)24-23-10-17-6-18(11-23)8-19(7-17)12-23/h3-5,9,15-19H,6-8,10-14H2,1-2H3,(H,24,26). The molecule has 1 saturated heterocycles. The Morgan fingerprint density at radius 1 is 1.03 bits per heavy atom. The van der Waals surface area contributed by atoms with E-state index in [4.69, 9.17) is 4.74 Å². The molecule has 4 bridgehead atoms. The second-order valence-corrected chi connectivity index (χ2v) is 12.2. The van der Waals surface area contributed by atoms with Gasteiger partial charge in [0.1, 0.15) is 0 Å². The van der Waals surface area contributed by atoms with Crippen molar-refractivity contribution < 1.29 is 17.9 Å². The van der Waals surface area contributed by atoms with E-state index in [1.54, 1.807) is 18.2 Å². The Labute approximate surface area is 179 Å². The minimum Gasteiger partial charge on any atom is -0.373 e. The summed E-state index contributed by atoms with van der Waals surface area (Å²) in [6.07, 6.45) is 6.89. The molecule has 4 aliphatic carbocycles.